The molecule has 2 aromatic rings. The van der Waals surface area contributed by atoms with Crippen LogP contribution in [0.1, 0.15) is 18.1 Å². The van der Waals surface area contributed by atoms with Crippen LogP contribution in [0.2, 0.25) is 0 Å². The van der Waals surface area contributed by atoms with Gasteiger partial charge in [-0.3, -0.25) is 0 Å². The second-order valence-electron chi connectivity index (χ2n) is 5.04. The van der Waals surface area contributed by atoms with E-state index in [1.54, 1.807) is 12.1 Å². The van der Waals surface area contributed by atoms with Gasteiger partial charge >= 0.3 is 0 Å². The second-order valence-corrected chi connectivity index (χ2v) is 5.96. The van der Waals surface area contributed by atoms with Crippen LogP contribution in [0.4, 0.5) is 10.1 Å². The molecule has 0 aromatic heterocycles. The van der Waals surface area contributed by atoms with Gasteiger partial charge in [0.25, 0.3) is 0 Å². The van der Waals surface area contributed by atoms with E-state index in [4.69, 9.17) is 0 Å². The molecule has 2 aromatic carbocycles. The van der Waals surface area contributed by atoms with E-state index in [9.17, 15) is 4.39 Å². The third-order valence-corrected chi connectivity index (χ3v) is 3.82. The Bertz CT molecular complexity index is 601. The molecule has 0 radical (unpaired) electrons. The van der Waals surface area contributed by atoms with E-state index in [-0.39, 0.29) is 5.82 Å². The van der Waals surface area contributed by atoms with Gasteiger partial charge in [-0.2, -0.15) is 0 Å². The average Bonchev–Trinajstić information content (AvgIpc) is 2.45. The molecule has 2 rings (SSSR count). The van der Waals surface area contributed by atoms with Crippen LogP contribution in [0.3, 0.4) is 0 Å². The number of rotatable bonds is 6. The van der Waals surface area contributed by atoms with Crippen molar-refractivity contribution < 1.29 is 4.39 Å². The molecule has 0 atom stereocenters. The van der Waals surface area contributed by atoms with Crippen LogP contribution >= 0.6 is 15.9 Å². The summed E-state index contributed by atoms with van der Waals surface area (Å²) in [4.78, 5) is 2.15. The molecule has 0 aliphatic carbocycles. The van der Waals surface area contributed by atoms with Crippen molar-refractivity contribution >= 4 is 21.6 Å². The number of nitrogens with one attached hydrogen (secondary N) is 1. The standard InChI is InChI=1S/C17H20BrFN2/c1-3-20-11-14-10-15(18)7-8-17(14)21(2)12-13-5-4-6-16(19)9-13/h4-10,20H,3,11-12H2,1-2H3. The SMILES string of the molecule is CCNCc1cc(Br)ccc1N(C)Cc1cccc(F)c1. The molecule has 0 spiro atoms. The van der Waals surface area contributed by atoms with Gasteiger partial charge in [-0.1, -0.05) is 35.0 Å². The molecule has 0 fully saturated rings. The second kappa shape index (κ2) is 7.57. The molecule has 0 saturated heterocycles. The number of hydrogen-bond donors (Lipinski definition) is 1. The lowest BCUT2D eigenvalue weighted by atomic mass is 10.1. The molecule has 0 unspecified atom stereocenters. The fraction of sp³-hybridized carbons (Fsp3) is 0.294. The quantitative estimate of drug-likeness (QED) is 0.833. The van der Waals surface area contributed by atoms with Crippen LogP contribution in [0.15, 0.2) is 46.9 Å². The van der Waals surface area contributed by atoms with E-state index < -0.39 is 0 Å². The lowest BCUT2D eigenvalue weighted by Crippen LogP contribution is -2.20. The highest BCUT2D eigenvalue weighted by Gasteiger charge is 2.09. The van der Waals surface area contributed by atoms with Crippen molar-refractivity contribution in [1.29, 1.82) is 0 Å². The molecule has 0 bridgehead atoms. The monoisotopic (exact) mass is 350 g/mol. The Kier molecular flexibility index (Phi) is 5.76. The van der Waals surface area contributed by atoms with Gasteiger partial charge in [-0.25, -0.2) is 4.39 Å². The maximum atomic E-state index is 13.3. The fourth-order valence-corrected chi connectivity index (χ4v) is 2.73. The van der Waals surface area contributed by atoms with Gasteiger partial charge in [0.05, 0.1) is 0 Å². The first-order chi connectivity index (χ1) is 10.1. The summed E-state index contributed by atoms with van der Waals surface area (Å²) in [6, 6.07) is 13.0. The van der Waals surface area contributed by atoms with Gasteiger partial charge in [0.1, 0.15) is 5.82 Å². The summed E-state index contributed by atoms with van der Waals surface area (Å²) in [5, 5.41) is 3.35. The highest BCUT2D eigenvalue weighted by atomic mass is 79.9. The van der Waals surface area contributed by atoms with Gasteiger partial charge in [-0.15, -0.1) is 0 Å². The number of halogens is 2. The predicted molar refractivity (Wildman–Crippen MR) is 90.0 cm³/mol. The zero-order chi connectivity index (χ0) is 15.2. The summed E-state index contributed by atoms with van der Waals surface area (Å²) in [6.45, 7) is 4.52. The molecular weight excluding hydrogens is 331 g/mol. The van der Waals surface area contributed by atoms with Crippen LogP contribution in [-0.4, -0.2) is 13.6 Å². The van der Waals surface area contributed by atoms with Crippen molar-refractivity contribution in [2.75, 3.05) is 18.5 Å². The van der Waals surface area contributed by atoms with E-state index in [1.165, 1.54) is 11.6 Å². The molecule has 21 heavy (non-hydrogen) atoms. The van der Waals surface area contributed by atoms with Crippen molar-refractivity contribution in [3.8, 4) is 0 Å². The molecule has 0 amide bonds. The normalized spacial score (nSPS) is 10.7. The summed E-state index contributed by atoms with van der Waals surface area (Å²) < 4.78 is 14.4. The van der Waals surface area contributed by atoms with Crippen LogP contribution in [0.25, 0.3) is 0 Å². The Balaban J connectivity index is 2.19. The largest absolute Gasteiger partial charge is 0.370 e. The van der Waals surface area contributed by atoms with Gasteiger partial charge < -0.3 is 10.2 Å². The number of anilines is 1. The summed E-state index contributed by atoms with van der Waals surface area (Å²) in [6.07, 6.45) is 0. The van der Waals surface area contributed by atoms with Crippen LogP contribution < -0.4 is 10.2 Å². The number of hydrogen-bond acceptors (Lipinski definition) is 2. The predicted octanol–water partition coefficient (Wildman–Crippen LogP) is 4.33. The summed E-state index contributed by atoms with van der Waals surface area (Å²) in [5.74, 6) is -0.190. The van der Waals surface area contributed by atoms with E-state index in [2.05, 4.69) is 45.2 Å². The number of benzene rings is 2. The first-order valence-electron chi connectivity index (χ1n) is 7.05. The van der Waals surface area contributed by atoms with Crippen molar-refractivity contribution in [1.82, 2.24) is 5.32 Å². The zero-order valence-electron chi connectivity index (χ0n) is 12.4. The molecular formula is C17H20BrFN2. The Morgan fingerprint density at radius 2 is 2.00 bits per heavy atom. The Hall–Kier alpha value is -1.39. The smallest absolute Gasteiger partial charge is 0.123 e. The highest BCUT2D eigenvalue weighted by Crippen LogP contribution is 2.25. The minimum absolute atomic E-state index is 0.190. The Morgan fingerprint density at radius 1 is 1.19 bits per heavy atom. The third kappa shape index (κ3) is 4.55. The van der Waals surface area contributed by atoms with Gasteiger partial charge in [0, 0.05) is 30.3 Å². The van der Waals surface area contributed by atoms with Crippen molar-refractivity contribution in [3.63, 3.8) is 0 Å². The molecule has 0 saturated carbocycles. The van der Waals surface area contributed by atoms with Crippen molar-refractivity contribution in [3.05, 3.63) is 63.9 Å². The van der Waals surface area contributed by atoms with E-state index in [1.807, 2.05) is 19.2 Å². The third-order valence-electron chi connectivity index (χ3n) is 3.33. The highest BCUT2D eigenvalue weighted by molar-refractivity contribution is 9.10. The fourth-order valence-electron chi connectivity index (χ4n) is 2.32. The van der Waals surface area contributed by atoms with Crippen LogP contribution in [0.5, 0.6) is 0 Å². The first kappa shape index (κ1) is 16.0. The zero-order valence-corrected chi connectivity index (χ0v) is 14.0. The maximum Gasteiger partial charge on any atom is 0.123 e. The average molecular weight is 351 g/mol. The maximum absolute atomic E-state index is 13.3. The van der Waals surface area contributed by atoms with Crippen molar-refractivity contribution in [2.24, 2.45) is 0 Å². The van der Waals surface area contributed by atoms with Crippen LogP contribution in [0, 0.1) is 5.82 Å². The Labute approximate surface area is 134 Å². The molecule has 1 N–H and O–H groups in total. The van der Waals surface area contributed by atoms with Gasteiger partial charge in [-0.05, 0) is 48.0 Å². The first-order valence-corrected chi connectivity index (χ1v) is 7.84. The summed E-state index contributed by atoms with van der Waals surface area (Å²) in [5.41, 5.74) is 3.35. The molecule has 0 heterocycles. The van der Waals surface area contributed by atoms with E-state index >= 15 is 0 Å². The lowest BCUT2D eigenvalue weighted by molar-refractivity contribution is 0.625. The summed E-state index contributed by atoms with van der Waals surface area (Å²) in [7, 11) is 2.03. The van der Waals surface area contributed by atoms with Crippen LogP contribution in [-0.2, 0) is 13.1 Å². The van der Waals surface area contributed by atoms with E-state index in [0.717, 1.165) is 28.8 Å². The lowest BCUT2D eigenvalue weighted by Gasteiger charge is -2.23. The molecule has 4 heteroatoms. The minimum atomic E-state index is -0.190. The van der Waals surface area contributed by atoms with Crippen molar-refractivity contribution in [2.45, 2.75) is 20.0 Å². The van der Waals surface area contributed by atoms with Gasteiger partial charge in [0.2, 0.25) is 0 Å². The Morgan fingerprint density at radius 3 is 2.71 bits per heavy atom. The molecule has 2 nitrogen and oxygen atoms in total. The summed E-state index contributed by atoms with van der Waals surface area (Å²) >= 11 is 3.52. The van der Waals surface area contributed by atoms with Gasteiger partial charge in [0.15, 0.2) is 0 Å². The molecule has 0 aliphatic rings. The molecule has 0 aliphatic heterocycles. The number of nitrogens with zero attached hydrogens (tertiary/aromatic N) is 1. The minimum Gasteiger partial charge on any atom is -0.370 e. The van der Waals surface area contributed by atoms with E-state index in [0.29, 0.717) is 6.54 Å². The topological polar surface area (TPSA) is 15.3 Å². The molecule has 112 valence electrons.